The van der Waals surface area contributed by atoms with Crippen molar-refractivity contribution in [2.75, 3.05) is 11.9 Å². The number of hydrogen-bond acceptors (Lipinski definition) is 3. The number of hydrogen-bond donors (Lipinski definition) is 1. The van der Waals surface area contributed by atoms with Crippen LogP contribution in [0, 0.1) is 0 Å². The number of amides is 2. The quantitative estimate of drug-likeness (QED) is 0.511. The summed E-state index contributed by atoms with van der Waals surface area (Å²) in [5.74, 6) is 0.340. The van der Waals surface area contributed by atoms with Gasteiger partial charge in [-0.25, -0.2) is 4.68 Å². The predicted octanol–water partition coefficient (Wildman–Crippen LogP) is 5.58. The largest absolute Gasteiger partial charge is 0.331 e. The van der Waals surface area contributed by atoms with Crippen LogP contribution < -0.4 is 5.32 Å². The van der Waals surface area contributed by atoms with Crippen molar-refractivity contribution in [1.82, 2.24) is 14.7 Å². The SMILES string of the molecule is CCCCCC(=O)N(CC(=O)Nc1cc(C(C)(C)C)nn1-c1ccc(Cl)cc1)C(C)C. The fraction of sp³-hybridized carbons (Fsp3) is 0.542. The molecule has 0 saturated heterocycles. The van der Waals surface area contributed by atoms with E-state index in [9.17, 15) is 9.59 Å². The minimum atomic E-state index is -0.242. The summed E-state index contributed by atoms with van der Waals surface area (Å²) in [6.45, 7) is 12.2. The number of aromatic nitrogens is 2. The molecule has 0 radical (unpaired) electrons. The van der Waals surface area contributed by atoms with Crippen LogP contribution in [-0.4, -0.2) is 39.1 Å². The smallest absolute Gasteiger partial charge is 0.245 e. The fourth-order valence-electron chi connectivity index (χ4n) is 3.18. The lowest BCUT2D eigenvalue weighted by molar-refractivity contribution is -0.136. The van der Waals surface area contributed by atoms with Gasteiger partial charge in [0.1, 0.15) is 12.4 Å². The lowest BCUT2D eigenvalue weighted by Gasteiger charge is -2.26. The molecule has 1 N–H and O–H groups in total. The Labute approximate surface area is 191 Å². The van der Waals surface area contributed by atoms with Gasteiger partial charge in [-0.15, -0.1) is 0 Å². The third kappa shape index (κ3) is 7.10. The first-order valence-electron chi connectivity index (χ1n) is 11.0. The predicted molar refractivity (Wildman–Crippen MR) is 127 cm³/mol. The zero-order valence-electron chi connectivity index (χ0n) is 19.5. The van der Waals surface area contributed by atoms with E-state index in [0.717, 1.165) is 30.6 Å². The maximum absolute atomic E-state index is 12.9. The van der Waals surface area contributed by atoms with Gasteiger partial charge in [-0.3, -0.25) is 9.59 Å². The Morgan fingerprint density at radius 3 is 2.35 bits per heavy atom. The van der Waals surface area contributed by atoms with Crippen LogP contribution in [0.1, 0.15) is 72.9 Å². The summed E-state index contributed by atoms with van der Waals surface area (Å²) < 4.78 is 1.71. The summed E-state index contributed by atoms with van der Waals surface area (Å²) in [5.41, 5.74) is 1.47. The highest BCUT2D eigenvalue weighted by Gasteiger charge is 2.24. The average molecular weight is 447 g/mol. The summed E-state index contributed by atoms with van der Waals surface area (Å²) in [7, 11) is 0. The third-order valence-electron chi connectivity index (χ3n) is 5.07. The summed E-state index contributed by atoms with van der Waals surface area (Å²) in [4.78, 5) is 27.1. The van der Waals surface area contributed by atoms with Crippen LogP contribution in [0.5, 0.6) is 0 Å². The Bertz CT molecular complexity index is 882. The first-order valence-corrected chi connectivity index (χ1v) is 11.4. The van der Waals surface area contributed by atoms with Gasteiger partial charge in [-0.1, -0.05) is 52.1 Å². The summed E-state index contributed by atoms with van der Waals surface area (Å²) >= 11 is 6.03. The van der Waals surface area contributed by atoms with Crippen LogP contribution >= 0.6 is 11.6 Å². The zero-order chi connectivity index (χ0) is 23.2. The first kappa shape index (κ1) is 24.9. The van der Waals surface area contributed by atoms with Crippen LogP contribution in [0.4, 0.5) is 5.82 Å². The number of carbonyl (C=O) groups excluding carboxylic acids is 2. The highest BCUT2D eigenvalue weighted by atomic mass is 35.5. The molecule has 7 heteroatoms. The van der Waals surface area contributed by atoms with Crippen LogP contribution in [-0.2, 0) is 15.0 Å². The molecule has 0 aliphatic heterocycles. The number of halogens is 1. The normalized spacial score (nSPS) is 11.6. The van der Waals surface area contributed by atoms with Gasteiger partial charge in [0.2, 0.25) is 11.8 Å². The molecule has 1 heterocycles. The molecular weight excluding hydrogens is 412 g/mol. The molecular formula is C24H35ClN4O2. The van der Waals surface area contributed by atoms with E-state index >= 15 is 0 Å². The van der Waals surface area contributed by atoms with E-state index in [0.29, 0.717) is 17.3 Å². The van der Waals surface area contributed by atoms with E-state index in [1.165, 1.54) is 0 Å². The summed E-state index contributed by atoms with van der Waals surface area (Å²) in [6.07, 6.45) is 3.38. The molecule has 2 aromatic rings. The van der Waals surface area contributed by atoms with Gasteiger partial charge < -0.3 is 10.2 Å². The van der Waals surface area contributed by atoms with Crippen LogP contribution in [0.25, 0.3) is 5.69 Å². The van der Waals surface area contributed by atoms with Crippen molar-refractivity contribution in [3.63, 3.8) is 0 Å². The van der Waals surface area contributed by atoms with Gasteiger partial charge in [0.05, 0.1) is 11.4 Å². The van der Waals surface area contributed by atoms with Crippen molar-refractivity contribution < 1.29 is 9.59 Å². The lowest BCUT2D eigenvalue weighted by atomic mass is 9.92. The van der Waals surface area contributed by atoms with Gasteiger partial charge in [-0.05, 0) is 44.5 Å². The fourth-order valence-corrected chi connectivity index (χ4v) is 3.31. The molecule has 0 unspecified atom stereocenters. The number of unbranched alkanes of at least 4 members (excludes halogenated alkanes) is 2. The molecule has 0 aliphatic rings. The Hall–Kier alpha value is -2.34. The molecule has 31 heavy (non-hydrogen) atoms. The van der Waals surface area contributed by atoms with Crippen LogP contribution in [0.2, 0.25) is 5.02 Å². The number of benzene rings is 1. The summed E-state index contributed by atoms with van der Waals surface area (Å²) in [6, 6.07) is 9.12. The molecule has 6 nitrogen and oxygen atoms in total. The Balaban J connectivity index is 2.23. The average Bonchev–Trinajstić information content (AvgIpc) is 3.10. The second-order valence-corrected chi connectivity index (χ2v) is 9.61. The standard InChI is InChI=1S/C24H35ClN4O2/c1-7-8-9-10-23(31)28(17(2)3)16-22(30)26-21-15-20(24(4,5)6)27-29(21)19-13-11-18(25)12-14-19/h11-15,17H,7-10,16H2,1-6H3,(H,26,30). The molecule has 0 spiro atoms. The van der Waals surface area contributed by atoms with Gasteiger partial charge in [0.25, 0.3) is 0 Å². The topological polar surface area (TPSA) is 67.2 Å². The van der Waals surface area contributed by atoms with E-state index in [2.05, 4.69) is 33.0 Å². The second-order valence-electron chi connectivity index (χ2n) is 9.17. The highest BCUT2D eigenvalue weighted by molar-refractivity contribution is 6.30. The van der Waals surface area contributed by atoms with Crippen LogP contribution in [0.15, 0.2) is 30.3 Å². The van der Waals surface area contributed by atoms with Gasteiger partial charge >= 0.3 is 0 Å². The molecule has 1 aromatic heterocycles. The lowest BCUT2D eigenvalue weighted by Crippen LogP contribution is -2.42. The first-order chi connectivity index (χ1) is 14.5. The molecule has 170 valence electrons. The molecule has 0 bridgehead atoms. The molecule has 0 saturated carbocycles. The molecule has 0 aliphatic carbocycles. The van der Waals surface area contributed by atoms with Gasteiger partial charge in [0.15, 0.2) is 0 Å². The molecule has 0 fully saturated rings. The van der Waals surface area contributed by atoms with E-state index in [1.807, 2.05) is 32.0 Å². The zero-order valence-corrected chi connectivity index (χ0v) is 20.3. The third-order valence-corrected chi connectivity index (χ3v) is 5.32. The van der Waals surface area contributed by atoms with Crippen molar-refractivity contribution in [3.8, 4) is 5.69 Å². The Morgan fingerprint density at radius 1 is 1.16 bits per heavy atom. The number of carbonyl (C=O) groups is 2. The van der Waals surface area contributed by atoms with Crippen molar-refractivity contribution in [1.29, 1.82) is 0 Å². The molecule has 2 rings (SSSR count). The second kappa shape index (κ2) is 10.8. The van der Waals surface area contributed by atoms with Crippen molar-refractivity contribution in [3.05, 3.63) is 41.0 Å². The van der Waals surface area contributed by atoms with Crippen molar-refractivity contribution in [2.24, 2.45) is 0 Å². The van der Waals surface area contributed by atoms with E-state index in [4.69, 9.17) is 16.7 Å². The molecule has 1 aromatic carbocycles. The van der Waals surface area contributed by atoms with Crippen molar-refractivity contribution in [2.45, 2.75) is 78.7 Å². The maximum atomic E-state index is 12.9. The highest BCUT2D eigenvalue weighted by Crippen LogP contribution is 2.27. The van der Waals surface area contributed by atoms with Gasteiger partial charge in [0, 0.05) is 29.0 Å². The van der Waals surface area contributed by atoms with Crippen LogP contribution in [0.3, 0.4) is 0 Å². The van der Waals surface area contributed by atoms with E-state index < -0.39 is 0 Å². The number of nitrogens with zero attached hydrogens (tertiary/aromatic N) is 3. The minimum Gasteiger partial charge on any atom is -0.331 e. The summed E-state index contributed by atoms with van der Waals surface area (Å²) in [5, 5.41) is 8.30. The Morgan fingerprint density at radius 2 is 1.81 bits per heavy atom. The van der Waals surface area contributed by atoms with E-state index in [-0.39, 0.29) is 29.8 Å². The number of rotatable bonds is 9. The van der Waals surface area contributed by atoms with Crippen molar-refractivity contribution >= 4 is 29.2 Å². The monoisotopic (exact) mass is 446 g/mol. The maximum Gasteiger partial charge on any atom is 0.245 e. The Kier molecular flexibility index (Phi) is 8.69. The van der Waals surface area contributed by atoms with Gasteiger partial charge in [-0.2, -0.15) is 5.10 Å². The number of anilines is 1. The molecule has 0 atom stereocenters. The molecule has 2 amide bonds. The minimum absolute atomic E-state index is 0.0132. The number of nitrogens with one attached hydrogen (secondary N) is 1. The van der Waals surface area contributed by atoms with E-state index in [1.54, 1.807) is 21.7 Å².